The van der Waals surface area contributed by atoms with E-state index in [2.05, 4.69) is 11.1 Å². The van der Waals surface area contributed by atoms with Crippen molar-refractivity contribution in [1.82, 2.24) is 0 Å². The van der Waals surface area contributed by atoms with Gasteiger partial charge in [0, 0.05) is 103 Å². The van der Waals surface area contributed by atoms with Crippen molar-refractivity contribution >= 4 is 113 Å². The topological polar surface area (TPSA) is 83.8 Å². The van der Waals surface area contributed by atoms with Gasteiger partial charge in [-0.15, -0.1) is 0 Å². The van der Waals surface area contributed by atoms with E-state index in [0.717, 1.165) is 44.1 Å². The average molecular weight is 431 g/mol. The van der Waals surface area contributed by atoms with Crippen molar-refractivity contribution in [1.29, 1.82) is 0 Å². The van der Waals surface area contributed by atoms with Gasteiger partial charge in [0.05, 0.1) is 6.10 Å². The number of aryl methyl sites for hydroxylation is 1. The maximum absolute atomic E-state index is 10.9. The molecule has 1 aromatic rings. The minimum atomic E-state index is -4.48. The second-order valence-electron chi connectivity index (χ2n) is 7.92. The maximum atomic E-state index is 10.9. The number of rotatable bonds is 2. The molecule has 3 aliphatic rings. The number of aliphatic hydroxyl groups is 1. The van der Waals surface area contributed by atoms with E-state index < -0.39 is 10.4 Å². The van der Waals surface area contributed by atoms with Crippen LogP contribution in [-0.4, -0.2) is 127 Å². The molecular weight excluding hydrogens is 406 g/mol. The van der Waals surface area contributed by atoms with Crippen LogP contribution in [0.2, 0.25) is 0 Å². The predicted octanol–water partition coefficient (Wildman–Crippen LogP) is 2.32. The van der Waals surface area contributed by atoms with Gasteiger partial charge in [-0.05, 0) is 85.0 Å². The number of aliphatic hydroxyl groups excluding tert-OH is 1. The Balaban J connectivity index is 0.00000121. The van der Waals surface area contributed by atoms with E-state index in [0.29, 0.717) is 17.8 Å². The molecule has 26 heavy (non-hydrogen) atoms. The van der Waals surface area contributed by atoms with Gasteiger partial charge < -0.3 is 9.29 Å². The van der Waals surface area contributed by atoms with Crippen molar-refractivity contribution in [2.45, 2.75) is 57.5 Å². The number of hydrogen-bond donors (Lipinski definition) is 2. The molecule has 2 radical (unpaired) electrons. The predicted molar refractivity (Wildman–Crippen MR) is 101 cm³/mol. The van der Waals surface area contributed by atoms with Gasteiger partial charge in [0.25, 0.3) is 0 Å². The Bertz CT molecular complexity index is 769. The van der Waals surface area contributed by atoms with E-state index in [1.807, 2.05) is 6.07 Å². The van der Waals surface area contributed by atoms with E-state index in [-0.39, 0.29) is 120 Å². The van der Waals surface area contributed by atoms with Crippen molar-refractivity contribution in [3.8, 4) is 5.75 Å². The van der Waals surface area contributed by atoms with Crippen LogP contribution in [0.15, 0.2) is 18.2 Å². The third-order valence-corrected chi connectivity index (χ3v) is 7.25. The summed E-state index contributed by atoms with van der Waals surface area (Å²) in [5, 5.41) is 10.4. The average Bonchev–Trinajstić information content (AvgIpc) is 2.81. The van der Waals surface area contributed by atoms with Crippen molar-refractivity contribution in [2.75, 3.05) is 0 Å². The SMILES string of the molecule is C[C@]12CC[C@@H]3c4ccc(OS(=O)(=O)O)cc4CC[C@H]3[C@@H]1CC[C@@H]2O.[K].[K]. The Kier molecular flexibility index (Phi) is 8.57. The summed E-state index contributed by atoms with van der Waals surface area (Å²) >= 11 is 0. The quantitative estimate of drug-likeness (QED) is 0.556. The van der Waals surface area contributed by atoms with Crippen LogP contribution in [0.4, 0.5) is 0 Å². The van der Waals surface area contributed by atoms with Gasteiger partial charge in [0.2, 0.25) is 0 Å². The molecule has 0 aliphatic heterocycles. The first-order valence-corrected chi connectivity index (χ1v) is 10.1. The molecule has 2 fully saturated rings. The second-order valence-corrected chi connectivity index (χ2v) is 8.95. The molecular formula is C18H24K2O5S. The van der Waals surface area contributed by atoms with Gasteiger partial charge in [-0.2, -0.15) is 8.42 Å². The molecule has 0 heterocycles. The first-order valence-electron chi connectivity index (χ1n) is 8.76. The number of benzene rings is 1. The summed E-state index contributed by atoms with van der Waals surface area (Å²) in [5.41, 5.74) is 2.48. The zero-order chi connectivity index (χ0) is 17.1. The molecule has 0 amide bonds. The van der Waals surface area contributed by atoms with Gasteiger partial charge in [0.15, 0.2) is 0 Å². The minimum absolute atomic E-state index is 0. The van der Waals surface area contributed by atoms with Crippen LogP contribution in [0.25, 0.3) is 0 Å². The molecule has 0 spiro atoms. The summed E-state index contributed by atoms with van der Waals surface area (Å²) < 4.78 is 35.2. The first kappa shape index (κ1) is 24.4. The molecule has 0 unspecified atom stereocenters. The van der Waals surface area contributed by atoms with E-state index in [4.69, 9.17) is 4.55 Å². The molecule has 8 heteroatoms. The van der Waals surface area contributed by atoms with Crippen LogP contribution in [0.1, 0.15) is 56.1 Å². The summed E-state index contributed by atoms with van der Waals surface area (Å²) in [6.07, 6.45) is 5.93. The molecule has 2 saturated carbocycles. The van der Waals surface area contributed by atoms with E-state index >= 15 is 0 Å². The summed E-state index contributed by atoms with van der Waals surface area (Å²) in [6, 6.07) is 5.34. The molecule has 2 N–H and O–H groups in total. The Morgan fingerprint density at radius 1 is 1.15 bits per heavy atom. The molecule has 1 aromatic carbocycles. The van der Waals surface area contributed by atoms with Crippen LogP contribution >= 0.6 is 0 Å². The van der Waals surface area contributed by atoms with E-state index in [1.165, 1.54) is 5.56 Å². The third kappa shape index (κ3) is 4.58. The van der Waals surface area contributed by atoms with Gasteiger partial charge in [0.1, 0.15) is 5.75 Å². The molecule has 4 rings (SSSR count). The zero-order valence-electron chi connectivity index (χ0n) is 15.8. The van der Waals surface area contributed by atoms with Gasteiger partial charge in [-0.25, -0.2) is 0 Å². The monoisotopic (exact) mass is 430 g/mol. The summed E-state index contributed by atoms with van der Waals surface area (Å²) in [6.45, 7) is 2.25. The fourth-order valence-electron chi connectivity index (χ4n) is 5.70. The Hall–Kier alpha value is 2.16. The van der Waals surface area contributed by atoms with Crippen LogP contribution in [0.3, 0.4) is 0 Å². The van der Waals surface area contributed by atoms with Crippen molar-refractivity contribution in [3.63, 3.8) is 0 Å². The van der Waals surface area contributed by atoms with Crippen LogP contribution < -0.4 is 4.18 Å². The normalized spacial score (nSPS) is 35.2. The third-order valence-electron chi connectivity index (χ3n) is 6.85. The van der Waals surface area contributed by atoms with E-state index in [1.54, 1.807) is 12.1 Å². The van der Waals surface area contributed by atoms with Gasteiger partial charge >= 0.3 is 10.4 Å². The van der Waals surface area contributed by atoms with Crippen molar-refractivity contribution < 1.29 is 22.3 Å². The second kappa shape index (κ2) is 9.12. The zero-order valence-corrected chi connectivity index (χ0v) is 22.9. The van der Waals surface area contributed by atoms with E-state index in [9.17, 15) is 13.5 Å². The van der Waals surface area contributed by atoms with Crippen molar-refractivity contribution in [2.24, 2.45) is 17.3 Å². The van der Waals surface area contributed by atoms with Gasteiger partial charge in [-0.3, -0.25) is 4.55 Å². The largest absolute Gasteiger partial charge is 0.446 e. The molecule has 0 bridgehead atoms. The fraction of sp³-hybridized carbons (Fsp3) is 0.667. The van der Waals surface area contributed by atoms with Gasteiger partial charge in [-0.1, -0.05) is 13.0 Å². The Morgan fingerprint density at radius 2 is 1.88 bits per heavy atom. The smallest absolute Gasteiger partial charge is 0.393 e. The number of hydrogen-bond acceptors (Lipinski definition) is 4. The van der Waals surface area contributed by atoms with Crippen LogP contribution in [0.5, 0.6) is 5.75 Å². The number of fused-ring (bicyclic) bond motifs is 5. The maximum Gasteiger partial charge on any atom is 0.446 e. The summed E-state index contributed by atoms with van der Waals surface area (Å²) in [5.74, 6) is 1.83. The molecule has 0 aromatic heterocycles. The molecule has 134 valence electrons. The molecule has 5 atom stereocenters. The molecule has 3 aliphatic carbocycles. The Morgan fingerprint density at radius 3 is 2.58 bits per heavy atom. The summed E-state index contributed by atoms with van der Waals surface area (Å²) in [4.78, 5) is 0. The van der Waals surface area contributed by atoms with Crippen LogP contribution in [-0.2, 0) is 16.8 Å². The first-order chi connectivity index (χ1) is 11.3. The standard InChI is InChI=1S/C18H24O5S.2K/c1-18-9-8-14-13-5-3-12(23-24(20,21)22)10-11(13)2-4-15(14)16(18)6-7-17(18)19;;/h3,5,10,14-17,19H,2,4,6-9H2,1H3,(H,20,21,22);;/t14-,15-,16+,17+,18+;;/m1../s1. The van der Waals surface area contributed by atoms with Crippen LogP contribution in [0, 0.1) is 17.3 Å². The van der Waals surface area contributed by atoms with Crippen molar-refractivity contribution in [3.05, 3.63) is 29.3 Å². The summed E-state index contributed by atoms with van der Waals surface area (Å²) in [7, 11) is -4.48. The minimum Gasteiger partial charge on any atom is -0.393 e. The molecule has 0 saturated heterocycles. The molecule has 5 nitrogen and oxygen atoms in total. The fourth-order valence-corrected chi connectivity index (χ4v) is 6.05. The Labute approximate surface area is 240 Å².